The standard InChI is InChI=1S/C14H24N2O/c1-5-7-11(9-15-6-2)13(17)12-8-14(3,4)10-16-12/h5,7,9,12-13,16-17H,1,6,8,10H2,2-4H3/b11-7+,15-9?. The van der Waals surface area contributed by atoms with Gasteiger partial charge in [-0.05, 0) is 24.3 Å². The van der Waals surface area contributed by atoms with Gasteiger partial charge in [-0.3, -0.25) is 4.99 Å². The number of rotatable bonds is 5. The van der Waals surface area contributed by atoms with Crippen molar-refractivity contribution in [3.05, 3.63) is 24.3 Å². The molecule has 0 spiro atoms. The summed E-state index contributed by atoms with van der Waals surface area (Å²) in [6.45, 7) is 11.8. The fourth-order valence-electron chi connectivity index (χ4n) is 2.15. The van der Waals surface area contributed by atoms with Crippen LogP contribution in [0.25, 0.3) is 0 Å². The van der Waals surface area contributed by atoms with E-state index in [0.29, 0.717) is 0 Å². The zero-order valence-corrected chi connectivity index (χ0v) is 11.1. The second kappa shape index (κ2) is 6.12. The zero-order valence-electron chi connectivity index (χ0n) is 11.1. The van der Waals surface area contributed by atoms with Gasteiger partial charge in [-0.1, -0.05) is 32.6 Å². The van der Waals surface area contributed by atoms with Crippen molar-refractivity contribution < 1.29 is 5.11 Å². The summed E-state index contributed by atoms with van der Waals surface area (Å²) in [5.41, 5.74) is 1.09. The summed E-state index contributed by atoms with van der Waals surface area (Å²) in [6, 6.07) is 0.111. The third-order valence-electron chi connectivity index (χ3n) is 3.07. The minimum atomic E-state index is -0.509. The molecule has 0 aromatic rings. The molecule has 1 fully saturated rings. The largest absolute Gasteiger partial charge is 0.387 e. The van der Waals surface area contributed by atoms with E-state index in [4.69, 9.17) is 0 Å². The van der Waals surface area contributed by atoms with Gasteiger partial charge >= 0.3 is 0 Å². The van der Waals surface area contributed by atoms with Crippen molar-refractivity contribution in [1.29, 1.82) is 0 Å². The molecule has 2 atom stereocenters. The van der Waals surface area contributed by atoms with Crippen LogP contribution in [-0.2, 0) is 0 Å². The summed E-state index contributed by atoms with van der Waals surface area (Å²) in [5.74, 6) is 0. The monoisotopic (exact) mass is 236 g/mol. The molecule has 3 nitrogen and oxygen atoms in total. The maximum atomic E-state index is 10.3. The fraction of sp³-hybridized carbons (Fsp3) is 0.643. The molecule has 17 heavy (non-hydrogen) atoms. The number of nitrogens with zero attached hydrogens (tertiary/aromatic N) is 1. The first-order valence-electron chi connectivity index (χ1n) is 6.24. The lowest BCUT2D eigenvalue weighted by Gasteiger charge is -2.20. The lowest BCUT2D eigenvalue weighted by molar-refractivity contribution is 0.171. The second-order valence-electron chi connectivity index (χ2n) is 5.33. The van der Waals surface area contributed by atoms with Gasteiger partial charge in [0.15, 0.2) is 0 Å². The van der Waals surface area contributed by atoms with Crippen molar-refractivity contribution in [3.63, 3.8) is 0 Å². The van der Waals surface area contributed by atoms with Crippen molar-refractivity contribution >= 4 is 6.21 Å². The Kier molecular flexibility index (Phi) is 5.09. The van der Waals surface area contributed by atoms with Gasteiger partial charge in [0.25, 0.3) is 0 Å². The molecule has 0 aromatic carbocycles. The molecule has 3 heteroatoms. The molecule has 0 aliphatic carbocycles. The van der Waals surface area contributed by atoms with Crippen LogP contribution in [0.2, 0.25) is 0 Å². The highest BCUT2D eigenvalue weighted by molar-refractivity contribution is 5.80. The maximum Gasteiger partial charge on any atom is 0.0957 e. The van der Waals surface area contributed by atoms with Gasteiger partial charge in [-0.15, -0.1) is 0 Å². The minimum Gasteiger partial charge on any atom is -0.387 e. The molecule has 1 aliphatic rings. The third kappa shape index (κ3) is 4.10. The number of aliphatic imine (C=N–C) groups is 1. The van der Waals surface area contributed by atoms with Gasteiger partial charge in [-0.25, -0.2) is 0 Å². The van der Waals surface area contributed by atoms with E-state index in [-0.39, 0.29) is 11.5 Å². The molecule has 0 aromatic heterocycles. The van der Waals surface area contributed by atoms with E-state index in [0.717, 1.165) is 25.1 Å². The topological polar surface area (TPSA) is 44.6 Å². The first kappa shape index (κ1) is 14.1. The first-order chi connectivity index (χ1) is 8.00. The van der Waals surface area contributed by atoms with E-state index in [1.54, 1.807) is 12.3 Å². The van der Waals surface area contributed by atoms with E-state index >= 15 is 0 Å². The van der Waals surface area contributed by atoms with Crippen LogP contribution in [0.1, 0.15) is 27.2 Å². The van der Waals surface area contributed by atoms with Crippen LogP contribution in [0.3, 0.4) is 0 Å². The Morgan fingerprint density at radius 2 is 2.35 bits per heavy atom. The Labute approximate surface area is 104 Å². The van der Waals surface area contributed by atoms with Crippen LogP contribution in [0.4, 0.5) is 0 Å². The average Bonchev–Trinajstić information content (AvgIpc) is 2.64. The summed E-state index contributed by atoms with van der Waals surface area (Å²) >= 11 is 0. The zero-order chi connectivity index (χ0) is 12.9. The molecule has 0 radical (unpaired) electrons. The molecule has 1 rings (SSSR count). The van der Waals surface area contributed by atoms with Crippen molar-refractivity contribution in [2.24, 2.45) is 10.4 Å². The van der Waals surface area contributed by atoms with Gasteiger partial charge < -0.3 is 10.4 Å². The summed E-state index contributed by atoms with van der Waals surface area (Å²) in [5, 5.41) is 13.7. The molecule has 96 valence electrons. The predicted octanol–water partition coefficient (Wildman–Crippen LogP) is 1.94. The fourth-order valence-corrected chi connectivity index (χ4v) is 2.15. The Hall–Kier alpha value is -0.930. The highest BCUT2D eigenvalue weighted by atomic mass is 16.3. The highest BCUT2D eigenvalue weighted by Gasteiger charge is 2.35. The van der Waals surface area contributed by atoms with Crippen LogP contribution in [-0.4, -0.2) is 36.6 Å². The number of hydrogen-bond acceptors (Lipinski definition) is 3. The second-order valence-corrected chi connectivity index (χ2v) is 5.33. The van der Waals surface area contributed by atoms with E-state index in [1.165, 1.54) is 0 Å². The van der Waals surface area contributed by atoms with Gasteiger partial charge in [0.2, 0.25) is 0 Å². The summed E-state index contributed by atoms with van der Waals surface area (Å²) < 4.78 is 0. The van der Waals surface area contributed by atoms with Crippen molar-refractivity contribution in [2.75, 3.05) is 13.1 Å². The van der Waals surface area contributed by atoms with Crippen LogP contribution in [0.5, 0.6) is 0 Å². The van der Waals surface area contributed by atoms with E-state index < -0.39 is 6.10 Å². The molecule has 2 unspecified atom stereocenters. The van der Waals surface area contributed by atoms with Crippen LogP contribution >= 0.6 is 0 Å². The lowest BCUT2D eigenvalue weighted by Crippen LogP contribution is -2.36. The normalized spacial score (nSPS) is 26.4. The molecule has 0 amide bonds. The Morgan fingerprint density at radius 1 is 1.65 bits per heavy atom. The molecule has 1 saturated heterocycles. The van der Waals surface area contributed by atoms with Gasteiger partial charge in [-0.2, -0.15) is 0 Å². The van der Waals surface area contributed by atoms with E-state index in [1.807, 2.05) is 13.0 Å². The van der Waals surface area contributed by atoms with Crippen LogP contribution in [0, 0.1) is 5.41 Å². The molecule has 1 heterocycles. The molecular weight excluding hydrogens is 212 g/mol. The molecule has 2 N–H and O–H groups in total. The minimum absolute atomic E-state index is 0.111. The third-order valence-corrected chi connectivity index (χ3v) is 3.07. The molecule has 1 aliphatic heterocycles. The lowest BCUT2D eigenvalue weighted by atomic mass is 9.88. The van der Waals surface area contributed by atoms with Gasteiger partial charge in [0.05, 0.1) is 6.10 Å². The summed E-state index contributed by atoms with van der Waals surface area (Å²) in [4.78, 5) is 4.19. The predicted molar refractivity (Wildman–Crippen MR) is 73.5 cm³/mol. The Bertz CT molecular complexity index is 318. The number of aliphatic hydroxyl groups excluding tert-OH is 1. The Morgan fingerprint density at radius 3 is 2.82 bits per heavy atom. The molecule has 0 saturated carbocycles. The first-order valence-corrected chi connectivity index (χ1v) is 6.24. The molecule has 0 bridgehead atoms. The average molecular weight is 236 g/mol. The van der Waals surface area contributed by atoms with Crippen molar-refractivity contribution in [3.8, 4) is 0 Å². The van der Waals surface area contributed by atoms with Crippen LogP contribution in [0.15, 0.2) is 29.3 Å². The van der Waals surface area contributed by atoms with E-state index in [9.17, 15) is 5.11 Å². The van der Waals surface area contributed by atoms with Gasteiger partial charge in [0.1, 0.15) is 0 Å². The quantitative estimate of drug-likeness (QED) is 0.566. The van der Waals surface area contributed by atoms with Gasteiger partial charge in [0, 0.05) is 25.3 Å². The maximum absolute atomic E-state index is 10.3. The SMILES string of the molecule is C=C/C=C(\C=NCC)C(O)C1CC(C)(C)CN1. The van der Waals surface area contributed by atoms with Crippen molar-refractivity contribution in [2.45, 2.75) is 39.3 Å². The molecular formula is C14H24N2O. The number of nitrogens with one attached hydrogen (secondary N) is 1. The smallest absolute Gasteiger partial charge is 0.0957 e. The summed E-state index contributed by atoms with van der Waals surface area (Å²) in [6.07, 6.45) is 5.74. The summed E-state index contributed by atoms with van der Waals surface area (Å²) in [7, 11) is 0. The van der Waals surface area contributed by atoms with Crippen molar-refractivity contribution in [1.82, 2.24) is 5.32 Å². The van der Waals surface area contributed by atoms with E-state index in [2.05, 4.69) is 30.7 Å². The number of aliphatic hydroxyl groups is 1. The number of hydrogen-bond donors (Lipinski definition) is 2. The van der Waals surface area contributed by atoms with Crippen LogP contribution < -0.4 is 5.32 Å². The Balaban J connectivity index is 2.72. The number of allylic oxidation sites excluding steroid dienone is 2. The highest BCUT2D eigenvalue weighted by Crippen LogP contribution is 2.29.